The minimum Gasteiger partial charge on any atom is -0.506 e. The number of likely N-dealkylation sites (tertiary alicyclic amines) is 1. The Balaban J connectivity index is 1.04. The molecule has 2 amide bonds. The number of benzene rings is 4. The van der Waals surface area contributed by atoms with E-state index in [1.807, 2.05) is 54.6 Å². The van der Waals surface area contributed by atoms with E-state index in [4.69, 9.17) is 9.47 Å². The van der Waals surface area contributed by atoms with Crippen LogP contribution in [0.1, 0.15) is 42.1 Å². The summed E-state index contributed by atoms with van der Waals surface area (Å²) < 4.78 is 12.3. The van der Waals surface area contributed by atoms with Gasteiger partial charge in [0.2, 0.25) is 11.5 Å². The first-order valence-corrected chi connectivity index (χ1v) is 18.2. The molecule has 1 fully saturated rings. The number of hydrogen-bond acceptors (Lipinski definition) is 8. The zero-order chi connectivity index (χ0) is 38.2. The Morgan fingerprint density at radius 3 is 2.48 bits per heavy atom. The number of aliphatic hydroxyl groups is 1. The Hall–Kier alpha value is -5.69. The van der Waals surface area contributed by atoms with Crippen molar-refractivity contribution in [1.82, 2.24) is 10.3 Å². The van der Waals surface area contributed by atoms with Gasteiger partial charge in [0.25, 0.3) is 0 Å². The third kappa shape index (κ3) is 9.64. The number of carbonyl (C=O) groups is 2. The number of methoxy groups -OCH3 is 1. The molecule has 0 spiro atoms. The molecule has 0 unspecified atom stereocenters. The standard InChI is InChI=1S/C42H47N5O7/c1-47(2)21-19-31(20-22-47)54-42(52)45-35-23-27(9-13-32(35)28-7-5-4-6-8-28)10-17-39(50)44-30-12-11-29(38(24-30)53-3)25-43-26-37(49)33-14-16-36(48)41-34(33)15-18-40(51)46-41/h4-9,11-16,18,23-24,31,37,43,49H,10,17,19-22,25-26H2,1-3H3,(H3-,44,45,46,48,50,51,52)/p+1/t37-/m1/s1. The van der Waals surface area contributed by atoms with Gasteiger partial charge in [-0.1, -0.05) is 54.6 Å². The molecule has 12 nitrogen and oxygen atoms in total. The molecule has 0 aliphatic carbocycles. The summed E-state index contributed by atoms with van der Waals surface area (Å²) in [6.07, 6.45) is 0.805. The Morgan fingerprint density at radius 2 is 1.72 bits per heavy atom. The number of aromatic amines is 1. The minimum atomic E-state index is -0.910. The van der Waals surface area contributed by atoms with E-state index >= 15 is 0 Å². The third-order valence-corrected chi connectivity index (χ3v) is 9.92. The fraction of sp³-hybridized carbons (Fsp3) is 0.310. The maximum Gasteiger partial charge on any atom is 0.411 e. The topological polar surface area (TPSA) is 162 Å². The Bertz CT molecular complexity index is 2160. The summed E-state index contributed by atoms with van der Waals surface area (Å²) in [5.74, 6) is 0.325. The number of aryl methyl sites for hydroxylation is 1. The van der Waals surface area contributed by atoms with E-state index in [0.717, 1.165) is 52.7 Å². The van der Waals surface area contributed by atoms with E-state index in [0.29, 0.717) is 41.0 Å². The van der Waals surface area contributed by atoms with Crippen LogP contribution in [0.4, 0.5) is 16.2 Å². The number of aromatic nitrogens is 1. The molecular formula is C42H48N5O7+. The van der Waals surface area contributed by atoms with Gasteiger partial charge in [0.05, 0.1) is 51.6 Å². The second-order valence-electron chi connectivity index (χ2n) is 14.4. The maximum absolute atomic E-state index is 13.1. The van der Waals surface area contributed by atoms with Gasteiger partial charge in [-0.3, -0.25) is 14.9 Å². The van der Waals surface area contributed by atoms with E-state index < -0.39 is 12.2 Å². The molecule has 6 N–H and O–H groups in total. The molecule has 1 aromatic heterocycles. The van der Waals surface area contributed by atoms with Crippen LogP contribution in [0.15, 0.2) is 95.8 Å². The van der Waals surface area contributed by atoms with Gasteiger partial charge >= 0.3 is 6.09 Å². The van der Waals surface area contributed by atoms with E-state index in [1.54, 1.807) is 31.4 Å². The predicted octanol–water partition coefficient (Wildman–Crippen LogP) is 6.09. The fourth-order valence-corrected chi connectivity index (χ4v) is 6.82. The molecule has 0 radical (unpaired) electrons. The van der Waals surface area contributed by atoms with Crippen LogP contribution in [0.25, 0.3) is 22.0 Å². The van der Waals surface area contributed by atoms with E-state index in [2.05, 4.69) is 35.0 Å². The number of amides is 2. The first-order valence-electron chi connectivity index (χ1n) is 18.2. The molecule has 0 bridgehead atoms. The van der Waals surface area contributed by atoms with Gasteiger partial charge < -0.3 is 39.8 Å². The van der Waals surface area contributed by atoms with Gasteiger partial charge in [-0.15, -0.1) is 0 Å². The van der Waals surface area contributed by atoms with Crippen molar-refractivity contribution in [2.24, 2.45) is 0 Å². The molecule has 54 heavy (non-hydrogen) atoms. The van der Waals surface area contributed by atoms with E-state index in [-0.39, 0.29) is 41.8 Å². The molecule has 4 aromatic carbocycles. The normalized spacial score (nSPS) is 14.7. The lowest BCUT2D eigenvalue weighted by Crippen LogP contribution is -2.48. The average Bonchev–Trinajstić information content (AvgIpc) is 3.16. The molecule has 12 heteroatoms. The Labute approximate surface area is 314 Å². The van der Waals surface area contributed by atoms with Crippen molar-refractivity contribution in [3.05, 3.63) is 118 Å². The molecule has 1 saturated heterocycles. The number of ether oxygens (including phenoxy) is 2. The highest BCUT2D eigenvalue weighted by Gasteiger charge is 2.28. The molecule has 2 heterocycles. The molecule has 0 saturated carbocycles. The number of piperidine rings is 1. The zero-order valence-electron chi connectivity index (χ0n) is 30.9. The maximum atomic E-state index is 13.1. The Kier molecular flexibility index (Phi) is 12.0. The van der Waals surface area contributed by atoms with Crippen molar-refractivity contribution in [2.45, 2.75) is 44.4 Å². The van der Waals surface area contributed by atoms with Crippen LogP contribution >= 0.6 is 0 Å². The number of pyridine rings is 1. The summed E-state index contributed by atoms with van der Waals surface area (Å²) >= 11 is 0. The zero-order valence-corrected chi connectivity index (χ0v) is 30.9. The van der Waals surface area contributed by atoms with Gasteiger partial charge in [-0.05, 0) is 47.4 Å². The average molecular weight is 735 g/mol. The number of anilines is 2. The smallest absolute Gasteiger partial charge is 0.411 e. The molecular weight excluding hydrogens is 686 g/mol. The van der Waals surface area contributed by atoms with Crippen molar-refractivity contribution in [2.75, 3.05) is 51.5 Å². The van der Waals surface area contributed by atoms with Gasteiger partial charge in [0, 0.05) is 66.7 Å². The number of rotatable bonds is 13. The lowest BCUT2D eigenvalue weighted by Gasteiger charge is -2.36. The Morgan fingerprint density at radius 1 is 0.944 bits per heavy atom. The quantitative estimate of drug-likeness (QED) is 0.0793. The number of carbonyl (C=O) groups excluding carboxylic acids is 2. The number of H-pyrrole nitrogens is 1. The highest BCUT2D eigenvalue weighted by atomic mass is 16.6. The number of aliphatic hydroxyl groups excluding tert-OH is 1. The highest BCUT2D eigenvalue weighted by molar-refractivity contribution is 5.93. The fourth-order valence-electron chi connectivity index (χ4n) is 6.82. The van der Waals surface area contributed by atoms with Crippen LogP contribution < -0.4 is 26.2 Å². The lowest BCUT2D eigenvalue weighted by molar-refractivity contribution is -0.896. The number of phenolic OH excluding ortho intramolecular Hbond substituents is 1. The van der Waals surface area contributed by atoms with Crippen LogP contribution in [0.5, 0.6) is 11.5 Å². The summed E-state index contributed by atoms with van der Waals surface area (Å²) in [6.45, 7) is 2.49. The molecule has 1 atom stereocenters. The number of phenols is 1. The SMILES string of the molecule is COc1cc(NC(=O)CCc2ccc(-c3ccccc3)c(NC(=O)OC3CC[N+](C)(C)CC3)c2)ccc1CNC[C@@H](O)c1ccc(O)c2[nH]c(=O)ccc12. The van der Waals surface area contributed by atoms with Crippen LogP contribution in [0.3, 0.4) is 0 Å². The van der Waals surface area contributed by atoms with Crippen LogP contribution in [-0.2, 0) is 22.5 Å². The van der Waals surface area contributed by atoms with Crippen molar-refractivity contribution in [3.8, 4) is 22.6 Å². The first-order chi connectivity index (χ1) is 26.0. The van der Waals surface area contributed by atoms with E-state index in [9.17, 15) is 24.6 Å². The van der Waals surface area contributed by atoms with Gasteiger partial charge in [-0.2, -0.15) is 0 Å². The second kappa shape index (κ2) is 17.0. The predicted molar refractivity (Wildman–Crippen MR) is 210 cm³/mol. The lowest BCUT2D eigenvalue weighted by atomic mass is 9.99. The second-order valence-corrected chi connectivity index (χ2v) is 14.4. The summed E-state index contributed by atoms with van der Waals surface area (Å²) in [5.41, 5.74) is 5.26. The summed E-state index contributed by atoms with van der Waals surface area (Å²) in [5, 5.41) is 30.8. The highest BCUT2D eigenvalue weighted by Crippen LogP contribution is 2.31. The number of nitrogens with one attached hydrogen (secondary N) is 4. The van der Waals surface area contributed by atoms with Crippen LogP contribution in [0, 0.1) is 0 Å². The molecule has 1 aliphatic heterocycles. The number of fused-ring (bicyclic) bond motifs is 1. The molecule has 6 rings (SSSR count). The summed E-state index contributed by atoms with van der Waals surface area (Å²) in [4.78, 5) is 40.5. The minimum absolute atomic E-state index is 0.0695. The summed E-state index contributed by atoms with van der Waals surface area (Å²) in [7, 11) is 5.93. The van der Waals surface area contributed by atoms with Crippen LogP contribution in [0.2, 0.25) is 0 Å². The largest absolute Gasteiger partial charge is 0.506 e. The monoisotopic (exact) mass is 734 g/mol. The molecule has 282 valence electrons. The first kappa shape index (κ1) is 38.0. The number of hydrogen-bond donors (Lipinski definition) is 6. The molecule has 5 aromatic rings. The number of aromatic hydroxyl groups is 1. The van der Waals surface area contributed by atoms with Crippen LogP contribution in [-0.4, -0.2) is 78.6 Å². The van der Waals surface area contributed by atoms with Gasteiger partial charge in [0.1, 0.15) is 17.6 Å². The third-order valence-electron chi connectivity index (χ3n) is 9.92. The van der Waals surface area contributed by atoms with Crippen molar-refractivity contribution < 1.29 is 33.8 Å². The van der Waals surface area contributed by atoms with Crippen molar-refractivity contribution >= 4 is 34.3 Å². The van der Waals surface area contributed by atoms with Crippen molar-refractivity contribution in [3.63, 3.8) is 0 Å². The van der Waals surface area contributed by atoms with Crippen molar-refractivity contribution in [1.29, 1.82) is 0 Å². The van der Waals surface area contributed by atoms with Gasteiger partial charge in [-0.25, -0.2) is 4.79 Å². The van der Waals surface area contributed by atoms with Gasteiger partial charge in [0.15, 0.2) is 0 Å². The number of nitrogens with zero attached hydrogens (tertiary/aromatic N) is 1. The number of quaternary nitrogens is 1. The molecule has 1 aliphatic rings. The summed E-state index contributed by atoms with van der Waals surface area (Å²) in [6, 6.07) is 27.1. The van der Waals surface area contributed by atoms with E-state index in [1.165, 1.54) is 12.1 Å².